The van der Waals surface area contributed by atoms with Gasteiger partial charge in [0.1, 0.15) is 11.6 Å². The molecule has 1 saturated carbocycles. The Labute approximate surface area is 302 Å². The minimum atomic E-state index is -2.84. The molecule has 2 N–H and O–H groups in total. The third-order valence-corrected chi connectivity index (χ3v) is 11.1. The minimum Gasteiger partial charge on any atom is -0.367 e. The number of aromatic nitrogens is 7. The lowest BCUT2D eigenvalue weighted by molar-refractivity contribution is -0.135. The first-order valence-corrected chi connectivity index (χ1v) is 18.1. The number of imide groups is 1. The Morgan fingerprint density at radius 3 is 2.58 bits per heavy atom. The van der Waals surface area contributed by atoms with E-state index in [0.29, 0.717) is 23.5 Å². The molecule has 278 valence electrons. The number of benzene rings is 1. The lowest BCUT2D eigenvalue weighted by Gasteiger charge is -2.37. The smallest absolute Gasteiger partial charge is 0.329 e. The number of imidazole rings is 1. The lowest BCUT2D eigenvalue weighted by Crippen LogP contribution is -2.47. The molecule has 3 aliphatic rings. The van der Waals surface area contributed by atoms with Gasteiger partial charge in [0.25, 0.3) is 12.3 Å². The molecule has 8 rings (SSSR count). The van der Waals surface area contributed by atoms with Gasteiger partial charge in [0, 0.05) is 58.2 Å². The second kappa shape index (κ2) is 14.2. The van der Waals surface area contributed by atoms with E-state index in [1.54, 1.807) is 28.6 Å². The van der Waals surface area contributed by atoms with Crippen LogP contribution in [0.15, 0.2) is 53.8 Å². The number of carbonyl (C=O) groups excluding carboxylic acids is 3. The highest BCUT2D eigenvalue weighted by molar-refractivity contribution is 6.08. The third-order valence-electron chi connectivity index (χ3n) is 11.1. The molecular weight excluding hydrogens is 688 g/mol. The van der Waals surface area contributed by atoms with E-state index < -0.39 is 30.0 Å². The fraction of sp³-hybridized carbons (Fsp3) is 0.472. The first-order valence-electron chi connectivity index (χ1n) is 18.1. The summed E-state index contributed by atoms with van der Waals surface area (Å²) in [6.45, 7) is 4.29. The van der Waals surface area contributed by atoms with Crippen molar-refractivity contribution in [1.29, 1.82) is 0 Å². The van der Waals surface area contributed by atoms with Crippen LogP contribution in [0.25, 0.3) is 16.7 Å². The Bertz CT molecular complexity index is 2240. The lowest BCUT2D eigenvalue weighted by atomic mass is 9.84. The van der Waals surface area contributed by atoms with E-state index in [2.05, 4.69) is 35.6 Å². The van der Waals surface area contributed by atoms with Gasteiger partial charge >= 0.3 is 5.69 Å². The summed E-state index contributed by atoms with van der Waals surface area (Å²) in [6, 6.07) is 6.72. The topological polar surface area (TPSA) is 157 Å². The number of rotatable bonds is 9. The number of carbonyl (C=O) groups is 3. The monoisotopic (exact) mass is 729 g/mol. The van der Waals surface area contributed by atoms with E-state index in [0.717, 1.165) is 76.0 Å². The second-order valence-corrected chi connectivity index (χ2v) is 14.2. The zero-order valence-electron chi connectivity index (χ0n) is 29.3. The molecule has 1 atom stereocenters. The fourth-order valence-corrected chi connectivity index (χ4v) is 8.21. The molecule has 17 heteroatoms. The van der Waals surface area contributed by atoms with Crippen LogP contribution >= 0.6 is 0 Å². The Morgan fingerprint density at radius 1 is 1.04 bits per heavy atom. The molecule has 2 saturated heterocycles. The molecule has 5 aromatic rings. The fourth-order valence-electron chi connectivity index (χ4n) is 8.21. The number of fused-ring (bicyclic) bond motifs is 2. The van der Waals surface area contributed by atoms with Crippen molar-refractivity contribution in [3.63, 3.8) is 0 Å². The predicted molar refractivity (Wildman–Crippen MR) is 191 cm³/mol. The van der Waals surface area contributed by atoms with Gasteiger partial charge < -0.3 is 10.2 Å². The first kappa shape index (κ1) is 34.6. The summed E-state index contributed by atoms with van der Waals surface area (Å²) >= 11 is 0. The van der Waals surface area contributed by atoms with Crippen molar-refractivity contribution in [3.05, 3.63) is 70.8 Å². The molecule has 3 fully saturated rings. The van der Waals surface area contributed by atoms with Crippen molar-refractivity contribution in [2.24, 2.45) is 13.0 Å². The van der Waals surface area contributed by atoms with Gasteiger partial charge in [0.2, 0.25) is 11.8 Å². The van der Waals surface area contributed by atoms with Crippen LogP contribution in [0.2, 0.25) is 0 Å². The highest BCUT2D eigenvalue weighted by Gasteiger charge is 2.33. The summed E-state index contributed by atoms with van der Waals surface area (Å²) in [6.07, 6.45) is 8.32. The Morgan fingerprint density at radius 2 is 1.83 bits per heavy atom. The van der Waals surface area contributed by atoms with Crippen LogP contribution in [0.4, 0.5) is 20.2 Å². The van der Waals surface area contributed by atoms with E-state index in [-0.39, 0.29) is 35.3 Å². The Hall–Kier alpha value is -5.45. The van der Waals surface area contributed by atoms with Gasteiger partial charge in [-0.3, -0.25) is 38.4 Å². The second-order valence-electron chi connectivity index (χ2n) is 14.2. The van der Waals surface area contributed by atoms with Crippen LogP contribution < -0.4 is 21.2 Å². The van der Waals surface area contributed by atoms with Crippen LogP contribution in [0.1, 0.15) is 79.5 Å². The summed E-state index contributed by atoms with van der Waals surface area (Å²) in [4.78, 5) is 59.7. The van der Waals surface area contributed by atoms with Gasteiger partial charge in [0.05, 0.1) is 34.6 Å². The minimum absolute atomic E-state index is 0.00751. The quantitative estimate of drug-likeness (QED) is 0.216. The van der Waals surface area contributed by atoms with E-state index in [1.807, 2.05) is 18.2 Å². The number of para-hydroxylation sites is 1. The van der Waals surface area contributed by atoms with Crippen LogP contribution in [-0.2, 0) is 16.6 Å². The number of nitrogens with one attached hydrogen (secondary N) is 2. The van der Waals surface area contributed by atoms with Gasteiger partial charge in [-0.2, -0.15) is 10.2 Å². The van der Waals surface area contributed by atoms with Gasteiger partial charge in [-0.25, -0.2) is 23.1 Å². The van der Waals surface area contributed by atoms with Crippen LogP contribution in [0, 0.1) is 5.92 Å². The van der Waals surface area contributed by atoms with Gasteiger partial charge in [-0.05, 0) is 69.2 Å². The number of alkyl halides is 2. The summed E-state index contributed by atoms with van der Waals surface area (Å²) in [5.74, 6) is -0.814. The molecule has 0 radical (unpaired) electrons. The van der Waals surface area contributed by atoms with E-state index in [4.69, 9.17) is 0 Å². The van der Waals surface area contributed by atoms with Crippen molar-refractivity contribution >= 4 is 45.8 Å². The summed E-state index contributed by atoms with van der Waals surface area (Å²) in [7, 11) is 1.73. The number of hydrogen-bond acceptors (Lipinski definition) is 9. The van der Waals surface area contributed by atoms with Gasteiger partial charge in [0.15, 0.2) is 11.3 Å². The standard InChI is InChI=1S/C36H41F2N11O4/c1-44-31-26(4-2-5-27(31)49(36(44)53)28-10-11-29(50)42-35(28)52)46-18-16-45(17-19-46)15-12-22-6-8-23(9-7-22)48-21-25(30(43-48)32(37)38)41-34(51)24-20-40-47-14-3-13-39-33(24)47/h2-5,13-14,20-23,28,32H,6-12,15-19H2,1H3,(H,41,51)(H,42,50,52)/t22-,23-,28?. The number of hydrogen-bond donors (Lipinski definition) is 2. The highest BCUT2D eigenvalue weighted by Crippen LogP contribution is 2.37. The number of piperazine rings is 1. The SMILES string of the molecule is Cn1c(=O)n(C2CCC(=O)NC2=O)c2cccc(N3CCN(CC[C@H]4CC[C@H](n5cc(NC(=O)c6cnn7cccnc67)c(C(F)F)n5)CC4)CC3)c21. The Kier molecular flexibility index (Phi) is 9.26. The maximum Gasteiger partial charge on any atom is 0.329 e. The number of nitrogens with zero attached hydrogens (tertiary/aromatic N) is 9. The number of halogens is 2. The van der Waals surface area contributed by atoms with Gasteiger partial charge in [-0.1, -0.05) is 6.07 Å². The number of amides is 3. The number of aryl methyl sites for hydroxylation is 1. The average molecular weight is 730 g/mol. The molecule has 53 heavy (non-hydrogen) atoms. The van der Waals surface area contributed by atoms with E-state index in [9.17, 15) is 28.0 Å². The van der Waals surface area contributed by atoms with Crippen molar-refractivity contribution in [3.8, 4) is 0 Å². The molecule has 0 bridgehead atoms. The normalized spacial score (nSPS) is 21.5. The van der Waals surface area contributed by atoms with E-state index >= 15 is 0 Å². The van der Waals surface area contributed by atoms with Crippen molar-refractivity contribution in [2.75, 3.05) is 42.9 Å². The zero-order chi connectivity index (χ0) is 36.8. The van der Waals surface area contributed by atoms with Crippen LogP contribution in [0.5, 0.6) is 0 Å². The largest absolute Gasteiger partial charge is 0.367 e. The maximum absolute atomic E-state index is 14.0. The molecule has 1 aliphatic carbocycles. The maximum atomic E-state index is 14.0. The molecule has 3 amide bonds. The Balaban J connectivity index is 0.850. The van der Waals surface area contributed by atoms with Crippen LogP contribution in [0.3, 0.4) is 0 Å². The molecular formula is C36H41F2N11O4. The van der Waals surface area contributed by atoms with Gasteiger partial charge in [-0.15, -0.1) is 0 Å². The molecule has 1 unspecified atom stereocenters. The molecule has 6 heterocycles. The number of anilines is 2. The average Bonchev–Trinajstić information content (AvgIpc) is 3.86. The van der Waals surface area contributed by atoms with Crippen molar-refractivity contribution in [2.45, 2.75) is 63.5 Å². The highest BCUT2D eigenvalue weighted by atomic mass is 19.3. The van der Waals surface area contributed by atoms with Crippen molar-refractivity contribution in [1.82, 2.24) is 43.7 Å². The molecule has 2 aliphatic heterocycles. The molecule has 4 aromatic heterocycles. The molecule has 0 spiro atoms. The third kappa shape index (κ3) is 6.57. The first-order chi connectivity index (χ1) is 25.7. The zero-order valence-corrected chi connectivity index (χ0v) is 29.3. The summed E-state index contributed by atoms with van der Waals surface area (Å²) < 4.78 is 34.2. The summed E-state index contributed by atoms with van der Waals surface area (Å²) in [5.41, 5.74) is 2.21. The molecule has 1 aromatic carbocycles. The predicted octanol–water partition coefficient (Wildman–Crippen LogP) is 3.69. The van der Waals surface area contributed by atoms with Crippen LogP contribution in [-0.4, -0.2) is 88.9 Å². The van der Waals surface area contributed by atoms with Crippen molar-refractivity contribution < 1.29 is 23.2 Å². The summed E-state index contributed by atoms with van der Waals surface area (Å²) in [5, 5.41) is 13.3. The van der Waals surface area contributed by atoms with E-state index in [1.165, 1.54) is 27.7 Å². The molecule has 15 nitrogen and oxygen atoms in total. The number of piperidine rings is 1.